The lowest BCUT2D eigenvalue weighted by molar-refractivity contribution is -0.134. The van der Waals surface area contributed by atoms with Crippen LogP contribution in [0, 0.1) is 12.8 Å². The minimum atomic E-state index is 0.106. The normalized spacial score (nSPS) is 22.9. The summed E-state index contributed by atoms with van der Waals surface area (Å²) in [7, 11) is 0. The Bertz CT molecular complexity index is 1240. The molecule has 1 N–H and O–H groups in total. The molecule has 1 amide bonds. The maximum Gasteiger partial charge on any atom is 0.250 e. The first-order valence-corrected chi connectivity index (χ1v) is 11.3. The zero-order valence-corrected chi connectivity index (χ0v) is 17.9. The van der Waals surface area contributed by atoms with Crippen molar-refractivity contribution >= 4 is 16.8 Å². The summed E-state index contributed by atoms with van der Waals surface area (Å²) in [5.74, 6) is 1.01. The molecule has 3 aromatic rings. The Morgan fingerprint density at radius 1 is 1.16 bits per heavy atom. The fraction of sp³-hybridized carbons (Fsp3) is 0.440. The number of carbonyl (C=O) groups is 1. The van der Waals surface area contributed by atoms with Crippen LogP contribution < -0.4 is 5.56 Å². The maximum atomic E-state index is 13.2. The third-order valence-electron chi connectivity index (χ3n) is 7.40. The second kappa shape index (κ2) is 7.09. The highest BCUT2D eigenvalue weighted by molar-refractivity contribution is 5.87. The number of hydrogen-bond acceptors (Lipinski definition) is 3. The largest absolute Gasteiger partial charge is 0.358 e. The van der Waals surface area contributed by atoms with Gasteiger partial charge in [0.25, 0.3) is 5.56 Å². The quantitative estimate of drug-likeness (QED) is 0.699. The average Bonchev–Trinajstić information content (AvgIpc) is 3.11. The van der Waals surface area contributed by atoms with Gasteiger partial charge >= 0.3 is 0 Å². The molecular formula is C25H28N4O2. The lowest BCUT2D eigenvalue weighted by Crippen LogP contribution is -2.50. The number of pyridine rings is 1. The minimum Gasteiger partial charge on any atom is -0.358 e. The first-order chi connectivity index (χ1) is 15.0. The summed E-state index contributed by atoms with van der Waals surface area (Å²) in [6.45, 7) is 6.58. The monoisotopic (exact) mass is 416 g/mol. The van der Waals surface area contributed by atoms with Gasteiger partial charge in [-0.15, -0.1) is 0 Å². The van der Waals surface area contributed by atoms with Crippen LogP contribution in [-0.2, 0) is 24.3 Å². The highest BCUT2D eigenvalue weighted by Crippen LogP contribution is 2.35. The van der Waals surface area contributed by atoms with Crippen LogP contribution in [-0.4, -0.2) is 51.4 Å². The number of hydrogen-bond donors (Lipinski definition) is 1. The molecule has 1 saturated heterocycles. The summed E-state index contributed by atoms with van der Waals surface area (Å²) in [6.07, 6.45) is 2.01. The Morgan fingerprint density at radius 2 is 2.06 bits per heavy atom. The van der Waals surface area contributed by atoms with E-state index in [1.807, 2.05) is 15.5 Å². The van der Waals surface area contributed by atoms with Crippen molar-refractivity contribution in [2.75, 3.05) is 26.2 Å². The fourth-order valence-electron chi connectivity index (χ4n) is 5.96. The van der Waals surface area contributed by atoms with E-state index in [1.165, 1.54) is 27.7 Å². The highest BCUT2D eigenvalue weighted by atomic mass is 16.2. The van der Waals surface area contributed by atoms with E-state index in [-0.39, 0.29) is 11.5 Å². The van der Waals surface area contributed by atoms with Crippen LogP contribution >= 0.6 is 0 Å². The van der Waals surface area contributed by atoms with Crippen molar-refractivity contribution in [2.45, 2.75) is 38.8 Å². The SMILES string of the molecule is Cc1ccc2[nH]c3c(c2c1)CN(C(=O)CN1C[C@H]2C[C@H](C1)c1cccc(=O)n1C2)CC3. The molecular weight excluding hydrogens is 388 g/mol. The van der Waals surface area contributed by atoms with Gasteiger partial charge in [0, 0.05) is 79.0 Å². The molecule has 0 unspecified atom stereocenters. The summed E-state index contributed by atoms with van der Waals surface area (Å²) >= 11 is 0. The molecule has 6 heteroatoms. The van der Waals surface area contributed by atoms with Gasteiger partial charge in [-0.05, 0) is 37.5 Å². The van der Waals surface area contributed by atoms with Crippen molar-refractivity contribution < 1.29 is 4.79 Å². The number of aryl methyl sites for hydroxylation is 1. The summed E-state index contributed by atoms with van der Waals surface area (Å²) in [5, 5.41) is 1.25. The topological polar surface area (TPSA) is 61.3 Å². The van der Waals surface area contributed by atoms with E-state index in [9.17, 15) is 9.59 Å². The van der Waals surface area contributed by atoms with Gasteiger partial charge in [-0.25, -0.2) is 0 Å². The molecule has 3 aliphatic heterocycles. The highest BCUT2D eigenvalue weighted by Gasteiger charge is 2.35. The van der Waals surface area contributed by atoms with Crippen LogP contribution in [0.3, 0.4) is 0 Å². The molecule has 3 aliphatic rings. The van der Waals surface area contributed by atoms with Crippen LogP contribution in [0.15, 0.2) is 41.2 Å². The van der Waals surface area contributed by atoms with Crippen molar-refractivity contribution in [1.82, 2.24) is 19.4 Å². The average molecular weight is 417 g/mol. The first kappa shape index (κ1) is 18.9. The number of benzene rings is 1. The molecule has 2 bridgehead atoms. The lowest BCUT2D eigenvalue weighted by atomic mass is 9.83. The zero-order valence-electron chi connectivity index (χ0n) is 17.9. The molecule has 160 valence electrons. The van der Waals surface area contributed by atoms with Gasteiger partial charge in [-0.2, -0.15) is 0 Å². The van der Waals surface area contributed by atoms with Gasteiger partial charge in [0.15, 0.2) is 0 Å². The molecule has 6 rings (SSSR count). The van der Waals surface area contributed by atoms with Gasteiger partial charge < -0.3 is 14.5 Å². The fourth-order valence-corrected chi connectivity index (χ4v) is 5.96. The number of nitrogens with zero attached hydrogens (tertiary/aromatic N) is 3. The number of piperidine rings is 1. The Balaban J connectivity index is 1.18. The molecule has 31 heavy (non-hydrogen) atoms. The van der Waals surface area contributed by atoms with E-state index in [0.717, 1.165) is 44.7 Å². The van der Waals surface area contributed by atoms with Crippen LogP contribution in [0.5, 0.6) is 0 Å². The van der Waals surface area contributed by atoms with Crippen molar-refractivity contribution in [3.8, 4) is 0 Å². The molecule has 2 aromatic heterocycles. The number of amides is 1. The van der Waals surface area contributed by atoms with E-state index in [4.69, 9.17) is 0 Å². The Hall–Kier alpha value is -2.86. The van der Waals surface area contributed by atoms with Crippen LogP contribution in [0.4, 0.5) is 0 Å². The van der Waals surface area contributed by atoms with Crippen molar-refractivity contribution in [2.24, 2.45) is 5.92 Å². The van der Waals surface area contributed by atoms with E-state index in [2.05, 4.69) is 41.1 Å². The summed E-state index contributed by atoms with van der Waals surface area (Å²) < 4.78 is 1.95. The zero-order chi connectivity index (χ0) is 21.1. The number of aromatic amines is 1. The smallest absolute Gasteiger partial charge is 0.250 e. The predicted octanol–water partition coefficient (Wildman–Crippen LogP) is 2.64. The summed E-state index contributed by atoms with van der Waals surface area (Å²) in [4.78, 5) is 33.4. The second-order valence-corrected chi connectivity index (χ2v) is 9.59. The second-order valence-electron chi connectivity index (χ2n) is 9.59. The summed E-state index contributed by atoms with van der Waals surface area (Å²) in [6, 6.07) is 12.1. The van der Waals surface area contributed by atoms with Gasteiger partial charge in [-0.3, -0.25) is 14.5 Å². The number of H-pyrrole nitrogens is 1. The van der Waals surface area contributed by atoms with Gasteiger partial charge in [0.1, 0.15) is 0 Å². The van der Waals surface area contributed by atoms with Crippen molar-refractivity contribution in [3.05, 3.63) is 69.3 Å². The van der Waals surface area contributed by atoms with Crippen LogP contribution in [0.1, 0.15) is 34.9 Å². The van der Waals surface area contributed by atoms with Crippen LogP contribution in [0.25, 0.3) is 10.9 Å². The Labute approximate surface area is 181 Å². The van der Waals surface area contributed by atoms with Gasteiger partial charge in [0.2, 0.25) is 5.91 Å². The number of likely N-dealkylation sites (tertiary alicyclic amines) is 1. The molecule has 5 heterocycles. The standard InChI is InChI=1S/C25H28N4O2/c1-16-5-6-21-19(9-16)20-14-28(8-7-22(20)26-21)25(31)15-27-11-17-10-18(13-27)23-3-2-4-24(30)29(23)12-17/h2-6,9,17-18,26H,7-8,10-15H2,1H3/t17-,18-/m1/s1. The first-order valence-electron chi connectivity index (χ1n) is 11.3. The predicted molar refractivity (Wildman–Crippen MR) is 120 cm³/mol. The van der Waals surface area contributed by atoms with E-state index in [0.29, 0.717) is 24.9 Å². The van der Waals surface area contributed by atoms with E-state index < -0.39 is 0 Å². The maximum absolute atomic E-state index is 13.2. The number of carbonyl (C=O) groups excluding carboxylic acids is 1. The Morgan fingerprint density at radius 3 is 2.97 bits per heavy atom. The molecule has 6 nitrogen and oxygen atoms in total. The number of aromatic nitrogens is 2. The number of nitrogens with one attached hydrogen (secondary N) is 1. The molecule has 0 spiro atoms. The third kappa shape index (κ3) is 3.21. The van der Waals surface area contributed by atoms with Crippen LogP contribution in [0.2, 0.25) is 0 Å². The number of rotatable bonds is 2. The van der Waals surface area contributed by atoms with E-state index >= 15 is 0 Å². The molecule has 0 radical (unpaired) electrons. The number of fused-ring (bicyclic) bond motifs is 7. The van der Waals surface area contributed by atoms with E-state index in [1.54, 1.807) is 6.07 Å². The third-order valence-corrected chi connectivity index (χ3v) is 7.40. The molecule has 2 atom stereocenters. The lowest BCUT2D eigenvalue weighted by Gasteiger charge is -2.43. The molecule has 0 saturated carbocycles. The summed E-state index contributed by atoms with van der Waals surface area (Å²) in [5.41, 5.74) is 6.22. The van der Waals surface area contributed by atoms with Crippen molar-refractivity contribution in [3.63, 3.8) is 0 Å². The molecule has 0 aliphatic carbocycles. The van der Waals surface area contributed by atoms with Gasteiger partial charge in [0.05, 0.1) is 6.54 Å². The molecule has 1 aromatic carbocycles. The molecule has 1 fully saturated rings. The van der Waals surface area contributed by atoms with Gasteiger partial charge in [-0.1, -0.05) is 17.7 Å². The minimum absolute atomic E-state index is 0.106. The Kier molecular flexibility index (Phi) is 4.32. The van der Waals surface area contributed by atoms with Crippen molar-refractivity contribution in [1.29, 1.82) is 0 Å².